The molecule has 0 saturated heterocycles. The van der Waals surface area contributed by atoms with E-state index in [2.05, 4.69) is 5.32 Å². The fourth-order valence-electron chi connectivity index (χ4n) is 2.82. The van der Waals surface area contributed by atoms with Gasteiger partial charge in [-0.15, -0.1) is 0 Å². The standard InChI is InChI=1S/C18H14ClN3O5/c1-10-5-6-13(12(19)9-10)20-15(23)7-8-21-17(24)11-3-2-4-14(22(26)27)16(11)18(21)25/h2-6,9H,7-8H2,1H3,(H,20,23). The van der Waals surface area contributed by atoms with E-state index in [-0.39, 0.29) is 24.1 Å². The molecule has 0 atom stereocenters. The molecule has 1 N–H and O–H groups in total. The minimum absolute atomic E-state index is 0.0313. The Bertz CT molecular complexity index is 989. The zero-order valence-electron chi connectivity index (χ0n) is 14.2. The fourth-order valence-corrected chi connectivity index (χ4v) is 3.10. The molecule has 2 aromatic carbocycles. The van der Waals surface area contributed by atoms with Crippen molar-refractivity contribution in [3.8, 4) is 0 Å². The molecule has 1 aliphatic rings. The summed E-state index contributed by atoms with van der Waals surface area (Å²) in [6.45, 7) is 1.66. The molecule has 9 heteroatoms. The van der Waals surface area contributed by atoms with E-state index in [1.165, 1.54) is 18.2 Å². The zero-order valence-corrected chi connectivity index (χ0v) is 14.9. The molecule has 138 valence electrons. The molecule has 3 rings (SSSR count). The van der Waals surface area contributed by atoms with E-state index in [1.807, 2.05) is 6.92 Å². The van der Waals surface area contributed by atoms with Crippen LogP contribution in [0.1, 0.15) is 32.7 Å². The second-order valence-electron chi connectivity index (χ2n) is 6.00. The third-order valence-electron chi connectivity index (χ3n) is 4.13. The van der Waals surface area contributed by atoms with Gasteiger partial charge in [0.05, 0.1) is 21.2 Å². The highest BCUT2D eigenvalue weighted by Gasteiger charge is 2.40. The molecule has 1 aliphatic heterocycles. The molecule has 1 heterocycles. The molecule has 0 fully saturated rings. The molecule has 27 heavy (non-hydrogen) atoms. The van der Waals surface area contributed by atoms with Gasteiger partial charge in [-0.2, -0.15) is 0 Å². The first kappa shape index (κ1) is 18.5. The second-order valence-corrected chi connectivity index (χ2v) is 6.41. The number of halogens is 1. The Kier molecular flexibility index (Phi) is 4.91. The minimum Gasteiger partial charge on any atom is -0.325 e. The van der Waals surface area contributed by atoms with Crippen molar-refractivity contribution in [1.29, 1.82) is 0 Å². The first-order valence-electron chi connectivity index (χ1n) is 7.99. The number of anilines is 1. The average Bonchev–Trinajstić information content (AvgIpc) is 2.86. The molecule has 8 nitrogen and oxygen atoms in total. The minimum atomic E-state index is -0.775. The molecular formula is C18H14ClN3O5. The molecular weight excluding hydrogens is 374 g/mol. The van der Waals surface area contributed by atoms with Crippen molar-refractivity contribution in [2.45, 2.75) is 13.3 Å². The number of benzene rings is 2. The number of nitrogens with one attached hydrogen (secondary N) is 1. The number of aryl methyl sites for hydroxylation is 1. The van der Waals surface area contributed by atoms with Crippen molar-refractivity contribution in [2.75, 3.05) is 11.9 Å². The summed E-state index contributed by atoms with van der Waals surface area (Å²) in [4.78, 5) is 48.2. The summed E-state index contributed by atoms with van der Waals surface area (Å²) in [6, 6.07) is 9.00. The normalized spacial score (nSPS) is 12.9. The van der Waals surface area contributed by atoms with Crippen molar-refractivity contribution in [2.24, 2.45) is 0 Å². The third-order valence-corrected chi connectivity index (χ3v) is 4.45. The summed E-state index contributed by atoms with van der Waals surface area (Å²) in [5.41, 5.74) is 0.658. The number of imide groups is 1. The quantitative estimate of drug-likeness (QED) is 0.481. The van der Waals surface area contributed by atoms with Gasteiger partial charge in [-0.3, -0.25) is 29.4 Å². The van der Waals surface area contributed by atoms with Crippen LogP contribution < -0.4 is 5.32 Å². The van der Waals surface area contributed by atoms with Crippen molar-refractivity contribution in [1.82, 2.24) is 4.90 Å². The predicted molar refractivity (Wildman–Crippen MR) is 97.9 cm³/mol. The van der Waals surface area contributed by atoms with Gasteiger partial charge in [0.1, 0.15) is 5.56 Å². The van der Waals surface area contributed by atoms with Crippen molar-refractivity contribution in [3.63, 3.8) is 0 Å². The molecule has 0 saturated carbocycles. The average molecular weight is 388 g/mol. The van der Waals surface area contributed by atoms with Crippen LogP contribution in [0.3, 0.4) is 0 Å². The smallest absolute Gasteiger partial charge is 0.282 e. The van der Waals surface area contributed by atoms with E-state index in [0.717, 1.165) is 10.5 Å². The lowest BCUT2D eigenvalue weighted by atomic mass is 10.1. The first-order valence-corrected chi connectivity index (χ1v) is 8.37. The van der Waals surface area contributed by atoms with Crippen molar-refractivity contribution >= 4 is 40.7 Å². The Balaban J connectivity index is 1.71. The third kappa shape index (κ3) is 3.52. The van der Waals surface area contributed by atoms with Crippen LogP contribution in [0.5, 0.6) is 0 Å². The summed E-state index contributed by atoms with van der Waals surface area (Å²) in [5, 5.41) is 14.1. The largest absolute Gasteiger partial charge is 0.325 e. The lowest BCUT2D eigenvalue weighted by Crippen LogP contribution is -2.33. The number of hydrogen-bond acceptors (Lipinski definition) is 5. The number of carbonyl (C=O) groups is 3. The summed E-state index contributed by atoms with van der Waals surface area (Å²) < 4.78 is 0. The fraction of sp³-hybridized carbons (Fsp3) is 0.167. The number of nitro groups is 1. The Morgan fingerprint density at radius 1 is 1.22 bits per heavy atom. The number of nitro benzene ring substituents is 1. The molecule has 0 spiro atoms. The van der Waals surface area contributed by atoms with Crippen LogP contribution in [0.15, 0.2) is 36.4 Å². The number of hydrogen-bond donors (Lipinski definition) is 1. The highest BCUT2D eigenvalue weighted by molar-refractivity contribution is 6.33. The van der Waals surface area contributed by atoms with Gasteiger partial charge >= 0.3 is 0 Å². The van der Waals surface area contributed by atoms with Crippen molar-refractivity contribution in [3.05, 3.63) is 68.2 Å². The van der Waals surface area contributed by atoms with Crippen LogP contribution in [0, 0.1) is 17.0 Å². The molecule has 0 aromatic heterocycles. The summed E-state index contributed by atoms with van der Waals surface area (Å²) in [5.74, 6) is -1.87. The van der Waals surface area contributed by atoms with Gasteiger partial charge in [0.25, 0.3) is 17.5 Å². The molecule has 0 aliphatic carbocycles. The summed E-state index contributed by atoms with van der Waals surface area (Å²) in [7, 11) is 0. The van der Waals surface area contributed by atoms with Gasteiger partial charge in [-0.05, 0) is 30.7 Å². The Labute approximate surface area is 158 Å². The Morgan fingerprint density at radius 3 is 2.63 bits per heavy atom. The number of nitrogens with zero attached hydrogens (tertiary/aromatic N) is 2. The molecule has 0 unspecified atom stereocenters. The molecule has 3 amide bonds. The maximum atomic E-state index is 12.4. The lowest BCUT2D eigenvalue weighted by molar-refractivity contribution is -0.385. The van der Waals surface area contributed by atoms with Crippen LogP contribution in [-0.4, -0.2) is 34.1 Å². The number of rotatable bonds is 5. The molecule has 2 aromatic rings. The summed E-state index contributed by atoms with van der Waals surface area (Å²) >= 11 is 6.06. The van der Waals surface area contributed by atoms with Gasteiger partial charge in [0.15, 0.2) is 0 Å². The van der Waals surface area contributed by atoms with Gasteiger partial charge in [-0.1, -0.05) is 23.7 Å². The van der Waals surface area contributed by atoms with E-state index in [9.17, 15) is 24.5 Å². The van der Waals surface area contributed by atoms with E-state index in [4.69, 9.17) is 11.6 Å². The SMILES string of the molecule is Cc1ccc(NC(=O)CCN2C(=O)c3cccc([N+](=O)[O-])c3C2=O)c(Cl)c1. The van der Waals surface area contributed by atoms with Crippen LogP contribution in [-0.2, 0) is 4.79 Å². The topological polar surface area (TPSA) is 110 Å². The first-order chi connectivity index (χ1) is 12.8. The Morgan fingerprint density at radius 2 is 1.96 bits per heavy atom. The van der Waals surface area contributed by atoms with Gasteiger partial charge in [0.2, 0.25) is 5.91 Å². The number of fused-ring (bicyclic) bond motifs is 1. The maximum Gasteiger partial charge on any atom is 0.282 e. The van der Waals surface area contributed by atoms with E-state index in [1.54, 1.807) is 18.2 Å². The highest BCUT2D eigenvalue weighted by Crippen LogP contribution is 2.30. The van der Waals surface area contributed by atoms with E-state index < -0.39 is 28.3 Å². The van der Waals surface area contributed by atoms with Crippen LogP contribution in [0.25, 0.3) is 0 Å². The number of carbonyl (C=O) groups excluding carboxylic acids is 3. The predicted octanol–water partition coefficient (Wildman–Crippen LogP) is 3.18. The summed E-state index contributed by atoms with van der Waals surface area (Å²) in [6.07, 6.45) is -0.163. The van der Waals surface area contributed by atoms with Gasteiger partial charge in [0, 0.05) is 19.0 Å². The van der Waals surface area contributed by atoms with E-state index >= 15 is 0 Å². The molecule has 0 radical (unpaired) electrons. The van der Waals surface area contributed by atoms with E-state index in [0.29, 0.717) is 10.7 Å². The van der Waals surface area contributed by atoms with Crippen LogP contribution in [0.4, 0.5) is 11.4 Å². The zero-order chi connectivity index (χ0) is 19.7. The maximum absolute atomic E-state index is 12.4. The Hall–Kier alpha value is -3.26. The molecule has 0 bridgehead atoms. The number of amides is 3. The second kappa shape index (κ2) is 7.16. The van der Waals surface area contributed by atoms with Crippen LogP contribution in [0.2, 0.25) is 5.02 Å². The van der Waals surface area contributed by atoms with Gasteiger partial charge < -0.3 is 5.32 Å². The van der Waals surface area contributed by atoms with Crippen molar-refractivity contribution < 1.29 is 19.3 Å². The lowest BCUT2D eigenvalue weighted by Gasteiger charge is -2.14. The monoisotopic (exact) mass is 387 g/mol. The van der Waals surface area contributed by atoms with Crippen LogP contribution >= 0.6 is 11.6 Å². The van der Waals surface area contributed by atoms with Gasteiger partial charge in [-0.25, -0.2) is 0 Å². The highest BCUT2D eigenvalue weighted by atomic mass is 35.5.